The van der Waals surface area contributed by atoms with Gasteiger partial charge in [0, 0.05) is 18.9 Å². The van der Waals surface area contributed by atoms with E-state index in [2.05, 4.69) is 5.16 Å². The second-order valence-corrected chi connectivity index (χ2v) is 4.45. The molecule has 1 unspecified atom stereocenters. The zero-order chi connectivity index (χ0) is 12.8. The number of nitrogens with zero attached hydrogens (tertiary/aromatic N) is 1. The van der Waals surface area contributed by atoms with E-state index >= 15 is 0 Å². The fourth-order valence-corrected chi connectivity index (χ4v) is 1.88. The van der Waals surface area contributed by atoms with Gasteiger partial charge in [-0.3, -0.25) is 0 Å². The molecule has 1 atom stereocenters. The first-order valence-electron chi connectivity index (χ1n) is 6.04. The molecule has 0 amide bonds. The highest BCUT2D eigenvalue weighted by Crippen LogP contribution is 2.17. The van der Waals surface area contributed by atoms with E-state index in [0.29, 0.717) is 18.9 Å². The van der Waals surface area contributed by atoms with Crippen molar-refractivity contribution in [2.45, 2.75) is 12.8 Å². The number of ether oxygens (including phenoxy) is 2. The van der Waals surface area contributed by atoms with Crippen molar-refractivity contribution in [1.29, 1.82) is 0 Å². The molecule has 0 spiro atoms. The van der Waals surface area contributed by atoms with E-state index < -0.39 is 0 Å². The molecule has 5 heteroatoms. The van der Waals surface area contributed by atoms with Gasteiger partial charge in [0.25, 0.3) is 0 Å². The Labute approximate surface area is 106 Å². The number of rotatable bonds is 5. The van der Waals surface area contributed by atoms with Gasteiger partial charge < -0.3 is 20.4 Å². The summed E-state index contributed by atoms with van der Waals surface area (Å²) in [5.74, 6) is 1.54. The minimum atomic E-state index is 0.201. The van der Waals surface area contributed by atoms with E-state index in [1.54, 1.807) is 0 Å². The summed E-state index contributed by atoms with van der Waals surface area (Å²) in [4.78, 5) is 0. The molecule has 1 aromatic rings. The third kappa shape index (κ3) is 3.63. The summed E-state index contributed by atoms with van der Waals surface area (Å²) in [7, 11) is 0. The van der Waals surface area contributed by atoms with E-state index in [1.807, 2.05) is 24.3 Å². The minimum absolute atomic E-state index is 0.201. The van der Waals surface area contributed by atoms with Gasteiger partial charge in [-0.15, -0.1) is 0 Å². The van der Waals surface area contributed by atoms with Gasteiger partial charge in [0.15, 0.2) is 0 Å². The van der Waals surface area contributed by atoms with Crippen LogP contribution in [0.15, 0.2) is 29.4 Å². The molecule has 1 saturated heterocycles. The molecule has 1 aliphatic heterocycles. The first-order chi connectivity index (χ1) is 8.78. The van der Waals surface area contributed by atoms with Gasteiger partial charge in [-0.1, -0.05) is 17.3 Å². The minimum Gasteiger partial charge on any atom is -0.493 e. The molecule has 0 bridgehead atoms. The van der Waals surface area contributed by atoms with Crippen molar-refractivity contribution in [3.8, 4) is 5.75 Å². The van der Waals surface area contributed by atoms with Crippen LogP contribution in [-0.4, -0.2) is 30.9 Å². The number of amidine groups is 1. The van der Waals surface area contributed by atoms with Gasteiger partial charge in [0.1, 0.15) is 11.6 Å². The zero-order valence-corrected chi connectivity index (χ0v) is 10.2. The third-order valence-corrected chi connectivity index (χ3v) is 2.95. The fourth-order valence-electron chi connectivity index (χ4n) is 1.88. The predicted octanol–water partition coefficient (Wildman–Crippen LogP) is 1.39. The third-order valence-electron chi connectivity index (χ3n) is 2.95. The highest BCUT2D eigenvalue weighted by molar-refractivity contribution is 5.82. The molecule has 0 aliphatic carbocycles. The Morgan fingerprint density at radius 1 is 1.44 bits per heavy atom. The lowest BCUT2D eigenvalue weighted by Crippen LogP contribution is -2.14. The lowest BCUT2D eigenvalue weighted by molar-refractivity contribution is 0.167. The van der Waals surface area contributed by atoms with Crippen LogP contribution in [0.25, 0.3) is 0 Å². The first kappa shape index (κ1) is 12.7. The van der Waals surface area contributed by atoms with Crippen molar-refractivity contribution in [1.82, 2.24) is 0 Å². The quantitative estimate of drug-likeness (QED) is 0.358. The van der Waals surface area contributed by atoms with E-state index in [9.17, 15) is 0 Å². The molecule has 1 aromatic carbocycles. The monoisotopic (exact) mass is 250 g/mol. The van der Waals surface area contributed by atoms with Gasteiger partial charge in [0.2, 0.25) is 0 Å². The Balaban J connectivity index is 1.83. The molecule has 0 radical (unpaired) electrons. The SMILES string of the molecule is N/C(Cc1ccc(OCC2CCOC2)cc1)=N\O. The zero-order valence-electron chi connectivity index (χ0n) is 10.2. The van der Waals surface area contributed by atoms with Crippen molar-refractivity contribution in [2.75, 3.05) is 19.8 Å². The fraction of sp³-hybridized carbons (Fsp3) is 0.462. The molecule has 2 rings (SSSR count). The van der Waals surface area contributed by atoms with Crippen LogP contribution in [0.1, 0.15) is 12.0 Å². The van der Waals surface area contributed by atoms with Crippen LogP contribution in [0.4, 0.5) is 0 Å². The average molecular weight is 250 g/mol. The van der Waals surface area contributed by atoms with Gasteiger partial charge in [-0.2, -0.15) is 0 Å². The van der Waals surface area contributed by atoms with Crippen LogP contribution in [0.5, 0.6) is 5.75 Å². The van der Waals surface area contributed by atoms with Crippen molar-refractivity contribution >= 4 is 5.84 Å². The highest BCUT2D eigenvalue weighted by Gasteiger charge is 2.15. The molecule has 3 N–H and O–H groups in total. The second kappa shape index (κ2) is 6.26. The Bertz CT molecular complexity index is 397. The van der Waals surface area contributed by atoms with E-state index in [4.69, 9.17) is 20.4 Å². The van der Waals surface area contributed by atoms with Crippen LogP contribution in [0.3, 0.4) is 0 Å². The van der Waals surface area contributed by atoms with E-state index in [-0.39, 0.29) is 5.84 Å². The number of nitrogens with two attached hydrogens (primary N) is 1. The highest BCUT2D eigenvalue weighted by atomic mass is 16.5. The normalized spacial score (nSPS) is 20.0. The van der Waals surface area contributed by atoms with Crippen molar-refractivity contribution in [3.63, 3.8) is 0 Å². The van der Waals surface area contributed by atoms with Gasteiger partial charge in [-0.25, -0.2) is 0 Å². The van der Waals surface area contributed by atoms with Crippen LogP contribution >= 0.6 is 0 Å². The summed E-state index contributed by atoms with van der Waals surface area (Å²) in [6.07, 6.45) is 1.51. The standard InChI is InChI=1S/C13H18N2O3/c14-13(15-16)7-10-1-3-12(4-2-10)18-9-11-5-6-17-8-11/h1-4,11,16H,5-9H2,(H2,14,15). The summed E-state index contributed by atoms with van der Waals surface area (Å²) in [6.45, 7) is 2.33. The number of hydrogen-bond acceptors (Lipinski definition) is 4. The van der Waals surface area contributed by atoms with Gasteiger partial charge in [0.05, 0.1) is 13.2 Å². The smallest absolute Gasteiger partial charge is 0.143 e. The Kier molecular flexibility index (Phi) is 4.41. The molecule has 98 valence electrons. The van der Waals surface area contributed by atoms with Crippen LogP contribution in [0, 0.1) is 5.92 Å². The number of benzene rings is 1. The summed E-state index contributed by atoms with van der Waals surface area (Å²) in [5.41, 5.74) is 6.43. The maximum absolute atomic E-state index is 8.48. The molecular weight excluding hydrogens is 232 g/mol. The Morgan fingerprint density at radius 2 is 2.22 bits per heavy atom. The van der Waals surface area contributed by atoms with Crippen LogP contribution in [0.2, 0.25) is 0 Å². The predicted molar refractivity (Wildman–Crippen MR) is 68.0 cm³/mol. The molecule has 18 heavy (non-hydrogen) atoms. The molecule has 1 fully saturated rings. The van der Waals surface area contributed by atoms with E-state index in [0.717, 1.165) is 30.9 Å². The van der Waals surface area contributed by atoms with Crippen molar-refractivity contribution in [3.05, 3.63) is 29.8 Å². The summed E-state index contributed by atoms with van der Waals surface area (Å²) >= 11 is 0. The first-order valence-corrected chi connectivity index (χ1v) is 6.04. The van der Waals surface area contributed by atoms with Crippen LogP contribution in [-0.2, 0) is 11.2 Å². The Morgan fingerprint density at radius 3 is 2.83 bits per heavy atom. The lowest BCUT2D eigenvalue weighted by Gasteiger charge is -2.10. The molecule has 1 aliphatic rings. The van der Waals surface area contributed by atoms with Crippen molar-refractivity contribution < 1.29 is 14.7 Å². The van der Waals surface area contributed by atoms with E-state index in [1.165, 1.54) is 0 Å². The number of hydrogen-bond donors (Lipinski definition) is 2. The molecule has 1 heterocycles. The summed E-state index contributed by atoms with van der Waals surface area (Å²) in [5, 5.41) is 11.4. The number of oxime groups is 1. The topological polar surface area (TPSA) is 77.1 Å². The average Bonchev–Trinajstić information content (AvgIpc) is 2.91. The molecule has 0 saturated carbocycles. The molecule has 0 aromatic heterocycles. The molecule has 5 nitrogen and oxygen atoms in total. The summed E-state index contributed by atoms with van der Waals surface area (Å²) in [6, 6.07) is 7.63. The summed E-state index contributed by atoms with van der Waals surface area (Å²) < 4.78 is 11.0. The van der Waals surface area contributed by atoms with Gasteiger partial charge >= 0.3 is 0 Å². The van der Waals surface area contributed by atoms with Crippen LogP contribution < -0.4 is 10.5 Å². The molecular formula is C13H18N2O3. The maximum Gasteiger partial charge on any atom is 0.143 e. The largest absolute Gasteiger partial charge is 0.493 e. The lowest BCUT2D eigenvalue weighted by atomic mass is 10.1. The maximum atomic E-state index is 8.48. The second-order valence-electron chi connectivity index (χ2n) is 4.45. The van der Waals surface area contributed by atoms with Gasteiger partial charge in [-0.05, 0) is 24.1 Å². The van der Waals surface area contributed by atoms with Crippen molar-refractivity contribution in [2.24, 2.45) is 16.8 Å². The Hall–Kier alpha value is -1.75.